The van der Waals surface area contributed by atoms with E-state index in [1.54, 1.807) is 13.8 Å². The van der Waals surface area contributed by atoms with Crippen molar-refractivity contribution in [2.75, 3.05) is 33.7 Å². The number of amides is 1. The Morgan fingerprint density at radius 2 is 1.86 bits per heavy atom. The summed E-state index contributed by atoms with van der Waals surface area (Å²) in [6.45, 7) is 7.64. The third kappa shape index (κ3) is 9.03. The molecule has 12 nitrogen and oxygen atoms in total. The fourth-order valence-electron chi connectivity index (χ4n) is 4.23. The van der Waals surface area contributed by atoms with E-state index in [1.165, 1.54) is 26.3 Å². The maximum absolute atomic E-state index is 13.3. The van der Waals surface area contributed by atoms with E-state index < -0.39 is 54.7 Å². The van der Waals surface area contributed by atoms with Gasteiger partial charge in [-0.25, -0.2) is 4.98 Å². The number of hydrogen-bond acceptors (Lipinski definition) is 11. The van der Waals surface area contributed by atoms with Crippen molar-refractivity contribution in [1.82, 2.24) is 10.3 Å². The zero-order valence-electron chi connectivity index (χ0n) is 24.1. The molecule has 0 aliphatic carbocycles. The minimum absolute atomic E-state index is 0.0582. The SMILES string of the molecule is C=C(C)COC1[C@H](C)OC(=O)C(CNC(=O)c2nccc(OC)c2OCOC(C)=O)COC(=O)[C@@H]1Cc1ccccc1. The molecule has 4 atom stereocenters. The van der Waals surface area contributed by atoms with Crippen LogP contribution in [0.25, 0.3) is 0 Å². The normalized spacial score (nSPS) is 20.6. The smallest absolute Gasteiger partial charge is 0.314 e. The zero-order valence-corrected chi connectivity index (χ0v) is 24.1. The third-order valence-electron chi connectivity index (χ3n) is 6.32. The van der Waals surface area contributed by atoms with Gasteiger partial charge in [-0.2, -0.15) is 0 Å². The molecule has 1 N–H and O–H groups in total. The highest BCUT2D eigenvalue weighted by molar-refractivity contribution is 5.96. The van der Waals surface area contributed by atoms with Gasteiger partial charge in [-0.05, 0) is 25.8 Å². The average Bonchev–Trinajstić information content (AvgIpc) is 2.99. The van der Waals surface area contributed by atoms with E-state index in [0.717, 1.165) is 11.1 Å². The lowest BCUT2D eigenvalue weighted by Crippen LogP contribution is -2.42. The molecule has 2 aromatic rings. The predicted molar refractivity (Wildman–Crippen MR) is 149 cm³/mol. The van der Waals surface area contributed by atoms with Gasteiger partial charge in [0, 0.05) is 25.7 Å². The lowest BCUT2D eigenvalue weighted by Gasteiger charge is -2.29. The second-order valence-corrected chi connectivity index (χ2v) is 9.80. The Bertz CT molecular complexity index is 1270. The maximum Gasteiger partial charge on any atom is 0.314 e. The molecule has 12 heteroatoms. The zero-order chi connectivity index (χ0) is 30.6. The number of nitrogens with one attached hydrogen (secondary N) is 1. The van der Waals surface area contributed by atoms with Crippen LogP contribution in [0.3, 0.4) is 0 Å². The van der Waals surface area contributed by atoms with Gasteiger partial charge in [0.2, 0.25) is 6.79 Å². The largest absolute Gasteiger partial charge is 0.493 e. The molecule has 1 aliphatic rings. The lowest BCUT2D eigenvalue weighted by atomic mass is 9.91. The molecule has 2 unspecified atom stereocenters. The lowest BCUT2D eigenvalue weighted by molar-refractivity contribution is -0.164. The van der Waals surface area contributed by atoms with Gasteiger partial charge in [0.05, 0.1) is 19.6 Å². The standard InChI is InChI=1S/C30H36N2O10/c1-18(2)15-38-26-19(3)42-29(35)22(16-39-30(36)23(26)13-21-9-7-6-8-10-21)14-32-28(34)25-27(41-17-40-20(4)33)24(37-5)11-12-31-25/h6-12,19,22-23,26H,1,13-17H2,2-5H3,(H,32,34)/t19-,22?,23+,26?/m0/s1. The summed E-state index contributed by atoms with van der Waals surface area (Å²) < 4.78 is 32.8. The van der Waals surface area contributed by atoms with Crippen LogP contribution in [0, 0.1) is 11.8 Å². The van der Waals surface area contributed by atoms with Gasteiger partial charge < -0.3 is 33.7 Å². The molecule has 1 aromatic carbocycles. The summed E-state index contributed by atoms with van der Waals surface area (Å²) in [5.41, 5.74) is 1.46. The van der Waals surface area contributed by atoms with Crippen molar-refractivity contribution < 1.29 is 47.6 Å². The van der Waals surface area contributed by atoms with Gasteiger partial charge in [0.15, 0.2) is 17.2 Å². The Morgan fingerprint density at radius 1 is 1.12 bits per heavy atom. The van der Waals surface area contributed by atoms with Crippen molar-refractivity contribution in [2.45, 2.75) is 39.4 Å². The Hall–Kier alpha value is -4.45. The first-order chi connectivity index (χ1) is 20.1. The number of aromatic nitrogens is 1. The van der Waals surface area contributed by atoms with Gasteiger partial charge in [-0.1, -0.05) is 42.5 Å². The first kappa shape index (κ1) is 32.1. The number of benzene rings is 1. The average molecular weight is 585 g/mol. The number of carbonyl (C=O) groups excluding carboxylic acids is 4. The molecule has 2 heterocycles. The van der Waals surface area contributed by atoms with Crippen molar-refractivity contribution in [2.24, 2.45) is 11.8 Å². The number of pyridine rings is 1. The summed E-state index contributed by atoms with van der Waals surface area (Å²) in [7, 11) is 1.37. The number of carbonyl (C=O) groups is 4. The topological polar surface area (TPSA) is 149 Å². The number of hydrogen-bond donors (Lipinski definition) is 1. The second-order valence-electron chi connectivity index (χ2n) is 9.80. The Kier molecular flexibility index (Phi) is 11.9. The molecule has 1 fully saturated rings. The molecule has 1 aliphatic heterocycles. The van der Waals surface area contributed by atoms with E-state index in [9.17, 15) is 19.2 Å². The fraction of sp³-hybridized carbons (Fsp3) is 0.433. The van der Waals surface area contributed by atoms with Gasteiger partial charge in [-0.15, -0.1) is 0 Å². The fourth-order valence-corrected chi connectivity index (χ4v) is 4.23. The minimum Gasteiger partial charge on any atom is -0.493 e. The molecule has 1 saturated heterocycles. The Labute approximate surface area is 244 Å². The summed E-state index contributed by atoms with van der Waals surface area (Å²) in [4.78, 5) is 54.8. The quantitative estimate of drug-likeness (QED) is 0.170. The van der Waals surface area contributed by atoms with E-state index in [1.807, 2.05) is 30.3 Å². The first-order valence-corrected chi connectivity index (χ1v) is 13.3. The van der Waals surface area contributed by atoms with Crippen LogP contribution in [0.2, 0.25) is 0 Å². The molecule has 3 rings (SSSR count). The Balaban J connectivity index is 1.77. The second kappa shape index (κ2) is 15.5. The molecule has 1 amide bonds. The van der Waals surface area contributed by atoms with Gasteiger partial charge >= 0.3 is 17.9 Å². The molecule has 0 bridgehead atoms. The highest BCUT2D eigenvalue weighted by Crippen LogP contribution is 2.30. The first-order valence-electron chi connectivity index (χ1n) is 13.3. The van der Waals surface area contributed by atoms with E-state index >= 15 is 0 Å². The number of ether oxygens (including phenoxy) is 6. The van der Waals surface area contributed by atoms with Gasteiger partial charge in [0.25, 0.3) is 5.91 Å². The summed E-state index contributed by atoms with van der Waals surface area (Å²) >= 11 is 0. The Morgan fingerprint density at radius 3 is 2.52 bits per heavy atom. The summed E-state index contributed by atoms with van der Waals surface area (Å²) in [6, 6.07) is 10.9. The van der Waals surface area contributed by atoms with Crippen LogP contribution in [-0.4, -0.2) is 74.7 Å². The van der Waals surface area contributed by atoms with Crippen LogP contribution in [-0.2, 0) is 39.8 Å². The van der Waals surface area contributed by atoms with Gasteiger partial charge in [-0.3, -0.25) is 19.2 Å². The predicted octanol–water partition coefficient (Wildman–Crippen LogP) is 2.64. The number of esters is 3. The molecular weight excluding hydrogens is 548 g/mol. The molecule has 226 valence electrons. The van der Waals surface area contributed by atoms with Crippen LogP contribution in [0.1, 0.15) is 36.8 Å². The number of rotatable bonds is 12. The van der Waals surface area contributed by atoms with Gasteiger partial charge in [0.1, 0.15) is 24.7 Å². The van der Waals surface area contributed by atoms with Crippen molar-refractivity contribution >= 4 is 23.8 Å². The summed E-state index contributed by atoms with van der Waals surface area (Å²) in [6.07, 6.45) is 0.0316. The van der Waals surface area contributed by atoms with Crippen molar-refractivity contribution in [3.8, 4) is 11.5 Å². The molecular formula is C30H36N2O10. The molecule has 42 heavy (non-hydrogen) atoms. The van der Waals surface area contributed by atoms with Crippen molar-refractivity contribution in [3.05, 3.63) is 66.0 Å². The highest BCUT2D eigenvalue weighted by atomic mass is 16.7. The van der Waals surface area contributed by atoms with Crippen molar-refractivity contribution in [1.29, 1.82) is 0 Å². The maximum atomic E-state index is 13.3. The van der Waals surface area contributed by atoms with Crippen molar-refractivity contribution in [3.63, 3.8) is 0 Å². The van der Waals surface area contributed by atoms with E-state index in [2.05, 4.69) is 16.9 Å². The summed E-state index contributed by atoms with van der Waals surface area (Å²) in [5.74, 6) is -4.18. The molecule has 0 saturated carbocycles. The number of nitrogens with zero attached hydrogens (tertiary/aromatic N) is 1. The summed E-state index contributed by atoms with van der Waals surface area (Å²) in [5, 5.41) is 2.61. The van der Waals surface area contributed by atoms with Crippen LogP contribution in [0.5, 0.6) is 11.5 Å². The molecule has 0 radical (unpaired) electrons. The van der Waals surface area contributed by atoms with E-state index in [-0.39, 0.29) is 37.0 Å². The highest BCUT2D eigenvalue weighted by Gasteiger charge is 2.40. The minimum atomic E-state index is -1.02. The van der Waals surface area contributed by atoms with E-state index in [4.69, 9.17) is 28.4 Å². The van der Waals surface area contributed by atoms with Crippen LogP contribution >= 0.6 is 0 Å². The van der Waals surface area contributed by atoms with E-state index in [0.29, 0.717) is 6.42 Å². The molecule has 1 aromatic heterocycles. The van der Waals surface area contributed by atoms with Crippen LogP contribution in [0.15, 0.2) is 54.7 Å². The number of methoxy groups -OCH3 is 1. The number of cyclic esters (lactones) is 2. The molecule has 0 spiro atoms. The van der Waals surface area contributed by atoms with Crippen LogP contribution in [0.4, 0.5) is 0 Å². The monoisotopic (exact) mass is 584 g/mol. The third-order valence-corrected chi connectivity index (χ3v) is 6.32. The van der Waals surface area contributed by atoms with Crippen LogP contribution < -0.4 is 14.8 Å².